The Hall–Kier alpha value is -0.940. The molecule has 2 amide bonds. The highest BCUT2D eigenvalue weighted by Crippen LogP contribution is 2.28. The Morgan fingerprint density at radius 1 is 1.32 bits per heavy atom. The fourth-order valence-electron chi connectivity index (χ4n) is 3.30. The maximum atomic E-state index is 12.6. The number of hydrogen-bond donors (Lipinski definition) is 2. The maximum absolute atomic E-state index is 12.6. The molecule has 1 saturated carbocycles. The fourth-order valence-corrected chi connectivity index (χ4v) is 3.61. The lowest BCUT2D eigenvalue weighted by Gasteiger charge is -2.35. The lowest BCUT2D eigenvalue weighted by molar-refractivity contribution is -0.152. The van der Waals surface area contributed by atoms with Gasteiger partial charge in [0.1, 0.15) is 10.7 Å². The van der Waals surface area contributed by atoms with Crippen LogP contribution in [0.2, 0.25) is 0 Å². The molecule has 2 rings (SSSR count). The number of hydrogen-bond acceptors (Lipinski definition) is 6. The molecule has 2 aliphatic rings. The zero-order chi connectivity index (χ0) is 18.2. The molecule has 0 aromatic rings. The van der Waals surface area contributed by atoms with Gasteiger partial charge in [0.15, 0.2) is 6.04 Å². The number of alkyl halides is 1. The Kier molecular flexibility index (Phi) is 8.37. The first-order chi connectivity index (χ1) is 12.1. The Morgan fingerprint density at radius 3 is 2.68 bits per heavy atom. The van der Waals surface area contributed by atoms with E-state index in [0.29, 0.717) is 25.5 Å². The summed E-state index contributed by atoms with van der Waals surface area (Å²) in [5.41, 5.74) is 0. The average Bonchev–Trinajstić information content (AvgIpc) is 3.12. The van der Waals surface area contributed by atoms with E-state index in [1.54, 1.807) is 0 Å². The van der Waals surface area contributed by atoms with Gasteiger partial charge in [0.05, 0.1) is 19.8 Å². The molecule has 1 saturated heterocycles. The first kappa shape index (κ1) is 20.4. The summed E-state index contributed by atoms with van der Waals surface area (Å²) in [7, 11) is 0. The van der Waals surface area contributed by atoms with Gasteiger partial charge >= 0.3 is 5.97 Å². The maximum Gasteiger partial charge on any atom is 0.331 e. The molecule has 2 atom stereocenters. The van der Waals surface area contributed by atoms with Gasteiger partial charge in [-0.25, -0.2) is 4.79 Å². The summed E-state index contributed by atoms with van der Waals surface area (Å²) in [6.45, 7) is 0.263. The van der Waals surface area contributed by atoms with Crippen LogP contribution in [0.3, 0.4) is 0 Å². The second kappa shape index (κ2) is 10.3. The van der Waals surface area contributed by atoms with Crippen LogP contribution in [-0.4, -0.2) is 70.9 Å². The first-order valence-electron chi connectivity index (χ1n) is 8.57. The monoisotopic (exact) mass is 468 g/mol. The number of carbonyl (C=O) groups is 3. The number of carbonyl (C=O) groups excluding carboxylic acids is 3. The standard InChI is InChI=1S/C16H25IN2O6/c17-10-25-16(23)12(8-20)18-15(22)13-9-24-6-5-19(13)14(21)7-11-3-1-2-4-11/h11-13,20H,1-10H2,(H,18,22)/t12-,13?/m1/s1. The Morgan fingerprint density at radius 2 is 2.04 bits per heavy atom. The molecule has 9 heteroatoms. The molecule has 0 aromatic carbocycles. The van der Waals surface area contributed by atoms with Crippen LogP contribution in [0.15, 0.2) is 0 Å². The van der Waals surface area contributed by atoms with Gasteiger partial charge in [0.25, 0.3) is 0 Å². The normalized spacial score (nSPS) is 22.5. The van der Waals surface area contributed by atoms with Gasteiger partial charge in [-0.3, -0.25) is 9.59 Å². The van der Waals surface area contributed by atoms with Gasteiger partial charge in [-0.1, -0.05) is 12.8 Å². The zero-order valence-electron chi connectivity index (χ0n) is 14.1. The molecule has 1 heterocycles. The lowest BCUT2D eigenvalue weighted by Crippen LogP contribution is -2.58. The highest BCUT2D eigenvalue weighted by Gasteiger charge is 2.35. The summed E-state index contributed by atoms with van der Waals surface area (Å²) in [5.74, 6) is -0.872. The number of amides is 2. The van der Waals surface area contributed by atoms with Gasteiger partial charge in [-0.05, 0) is 41.4 Å². The molecule has 1 unspecified atom stereocenters. The molecule has 1 aliphatic carbocycles. The Labute approximate surface area is 160 Å². The molecule has 2 N–H and O–H groups in total. The van der Waals surface area contributed by atoms with Crippen molar-refractivity contribution in [3.63, 3.8) is 0 Å². The molecule has 1 aliphatic heterocycles. The zero-order valence-corrected chi connectivity index (χ0v) is 16.3. The number of halogens is 1. The van der Waals surface area contributed by atoms with E-state index in [1.807, 2.05) is 22.6 Å². The third-order valence-electron chi connectivity index (χ3n) is 4.67. The number of aliphatic hydroxyl groups excluding tert-OH is 1. The summed E-state index contributed by atoms with van der Waals surface area (Å²) < 4.78 is 10.3. The number of aliphatic hydroxyl groups is 1. The van der Waals surface area contributed by atoms with Crippen LogP contribution in [0.1, 0.15) is 32.1 Å². The second-order valence-electron chi connectivity index (χ2n) is 6.35. The second-order valence-corrected chi connectivity index (χ2v) is 6.97. The third-order valence-corrected chi connectivity index (χ3v) is 4.98. The van der Waals surface area contributed by atoms with Crippen LogP contribution in [0.5, 0.6) is 0 Å². The van der Waals surface area contributed by atoms with Crippen molar-refractivity contribution < 1.29 is 29.0 Å². The fraction of sp³-hybridized carbons (Fsp3) is 0.812. The van der Waals surface area contributed by atoms with Crippen molar-refractivity contribution in [3.8, 4) is 0 Å². The third kappa shape index (κ3) is 5.78. The first-order valence-corrected chi connectivity index (χ1v) is 10.1. The number of ether oxygens (including phenoxy) is 2. The van der Waals surface area contributed by atoms with E-state index >= 15 is 0 Å². The Balaban J connectivity index is 1.96. The predicted molar refractivity (Wildman–Crippen MR) is 96.9 cm³/mol. The molecule has 142 valence electrons. The van der Waals surface area contributed by atoms with Gasteiger partial charge in [-0.2, -0.15) is 0 Å². The number of rotatable bonds is 7. The van der Waals surface area contributed by atoms with E-state index in [2.05, 4.69) is 5.32 Å². The van der Waals surface area contributed by atoms with Crippen LogP contribution >= 0.6 is 22.6 Å². The van der Waals surface area contributed by atoms with Crippen LogP contribution in [0.4, 0.5) is 0 Å². The minimum Gasteiger partial charge on any atom is -0.453 e. The molecule has 0 bridgehead atoms. The van der Waals surface area contributed by atoms with Crippen molar-refractivity contribution in [1.29, 1.82) is 0 Å². The van der Waals surface area contributed by atoms with Crippen molar-refractivity contribution in [3.05, 3.63) is 0 Å². The van der Waals surface area contributed by atoms with Gasteiger partial charge < -0.3 is 24.8 Å². The molecule has 0 aromatic heterocycles. The quantitative estimate of drug-likeness (QED) is 0.315. The highest BCUT2D eigenvalue weighted by molar-refractivity contribution is 14.1. The molecule has 25 heavy (non-hydrogen) atoms. The summed E-state index contributed by atoms with van der Waals surface area (Å²) in [5, 5.41) is 11.8. The van der Waals surface area contributed by atoms with E-state index in [0.717, 1.165) is 25.7 Å². The summed E-state index contributed by atoms with van der Waals surface area (Å²) in [4.78, 5) is 38.4. The molecule has 8 nitrogen and oxygen atoms in total. The molecular weight excluding hydrogens is 443 g/mol. The number of nitrogens with one attached hydrogen (secondary N) is 1. The van der Waals surface area contributed by atoms with Crippen molar-refractivity contribution in [2.45, 2.75) is 44.2 Å². The largest absolute Gasteiger partial charge is 0.453 e. The van der Waals surface area contributed by atoms with Crippen LogP contribution in [-0.2, 0) is 23.9 Å². The van der Waals surface area contributed by atoms with E-state index in [9.17, 15) is 19.5 Å². The molecular formula is C16H25IN2O6. The van der Waals surface area contributed by atoms with E-state index in [-0.39, 0.29) is 17.1 Å². The van der Waals surface area contributed by atoms with Gasteiger partial charge in [0, 0.05) is 13.0 Å². The van der Waals surface area contributed by atoms with Crippen molar-refractivity contribution in [2.24, 2.45) is 5.92 Å². The van der Waals surface area contributed by atoms with Crippen molar-refractivity contribution in [1.82, 2.24) is 10.2 Å². The smallest absolute Gasteiger partial charge is 0.331 e. The minimum atomic E-state index is -1.14. The SMILES string of the molecule is O=C(N[C@H](CO)C(=O)OCI)C1COCCN1C(=O)CC1CCCC1. The van der Waals surface area contributed by atoms with Crippen molar-refractivity contribution in [2.75, 3.05) is 31.0 Å². The van der Waals surface area contributed by atoms with Crippen LogP contribution in [0.25, 0.3) is 0 Å². The van der Waals surface area contributed by atoms with E-state index in [4.69, 9.17) is 9.47 Å². The van der Waals surface area contributed by atoms with Gasteiger partial charge in [-0.15, -0.1) is 0 Å². The summed E-state index contributed by atoms with van der Waals surface area (Å²) in [6, 6.07) is -1.93. The number of morpholine rings is 1. The topological polar surface area (TPSA) is 105 Å². The van der Waals surface area contributed by atoms with Crippen LogP contribution in [0, 0.1) is 5.92 Å². The molecule has 0 radical (unpaired) electrons. The number of esters is 1. The molecule has 2 fully saturated rings. The average molecular weight is 468 g/mol. The lowest BCUT2D eigenvalue weighted by atomic mass is 10.0. The minimum absolute atomic E-state index is 0.0502. The summed E-state index contributed by atoms with van der Waals surface area (Å²) in [6.07, 6.45) is 4.87. The van der Waals surface area contributed by atoms with Crippen molar-refractivity contribution >= 4 is 40.4 Å². The van der Waals surface area contributed by atoms with Crippen LogP contribution < -0.4 is 5.32 Å². The van der Waals surface area contributed by atoms with E-state index < -0.39 is 30.6 Å². The Bertz CT molecular complexity index is 483. The summed E-state index contributed by atoms with van der Waals surface area (Å²) >= 11 is 1.85. The van der Waals surface area contributed by atoms with Gasteiger partial charge in [0.2, 0.25) is 11.8 Å². The predicted octanol–water partition coefficient (Wildman–Crippen LogP) is 0.207. The highest BCUT2D eigenvalue weighted by atomic mass is 127. The molecule has 0 spiro atoms. The van der Waals surface area contributed by atoms with E-state index in [1.165, 1.54) is 4.90 Å². The number of nitrogens with zero attached hydrogens (tertiary/aromatic N) is 1.